The molecule has 3 atom stereocenters. The van der Waals surface area contributed by atoms with Crippen molar-refractivity contribution in [1.29, 1.82) is 0 Å². The number of allylic oxidation sites excluding steroid dienone is 2. The molecule has 3 aromatic rings. The monoisotopic (exact) mass is 743 g/mol. The summed E-state index contributed by atoms with van der Waals surface area (Å²) in [5, 5.41) is 0.935. The van der Waals surface area contributed by atoms with Gasteiger partial charge in [0.25, 0.3) is 5.91 Å². The molecule has 49 heavy (non-hydrogen) atoms. The average Bonchev–Trinajstić information content (AvgIpc) is 3.62. The Kier molecular flexibility index (Phi) is 11.7. The Hall–Kier alpha value is -2.96. The minimum Gasteiger partial charge on any atom is -0.398 e. The number of carbonyl (C=O) groups excluding carboxylic acids is 1. The van der Waals surface area contributed by atoms with E-state index in [1.165, 1.54) is 38.5 Å². The third-order valence-electron chi connectivity index (χ3n) is 9.74. The summed E-state index contributed by atoms with van der Waals surface area (Å²) in [4.78, 5) is 17.0. The van der Waals surface area contributed by atoms with Crippen molar-refractivity contribution >= 4 is 62.5 Å². The van der Waals surface area contributed by atoms with Crippen molar-refractivity contribution in [2.75, 3.05) is 16.6 Å². The molecule has 2 heterocycles. The number of quaternary nitrogens is 1. The van der Waals surface area contributed by atoms with Crippen molar-refractivity contribution in [3.8, 4) is 5.69 Å². The number of benzene rings is 2. The zero-order chi connectivity index (χ0) is 34.5. The second-order valence-electron chi connectivity index (χ2n) is 13.3. The van der Waals surface area contributed by atoms with Crippen molar-refractivity contribution in [1.82, 2.24) is 14.3 Å². The molecule has 1 saturated heterocycles. The van der Waals surface area contributed by atoms with E-state index < -0.39 is 16.1 Å². The van der Waals surface area contributed by atoms with E-state index in [2.05, 4.69) is 17.9 Å². The van der Waals surface area contributed by atoms with E-state index in [-0.39, 0.29) is 23.2 Å². The minimum absolute atomic E-state index is 0.0457. The normalized spacial score (nSPS) is 23.5. The van der Waals surface area contributed by atoms with Crippen molar-refractivity contribution in [2.45, 2.75) is 80.9 Å². The lowest BCUT2D eigenvalue weighted by atomic mass is 9.86. The number of nitrogens with two attached hydrogens (primary N) is 1. The second kappa shape index (κ2) is 15.9. The standard InChI is InChI=1S/C36H44Cl2N6O3S2/c37-27-13-14-30(31(38)20-27)33-22-43(28-7-4-8-29(21-28)44-23-36(45)42-49(44,46)47)35(41-33)19-25-9-11-26(12-10-25)32(39)15-16-34(40)48-18-17-24-5-2-1-3-6-24/h4,7-12,15-16,21-22,24,27,30-31H,1-3,5-6,13-14,17-20,23,39-40H2,(H,42,45)/p+1/b32-15-,34-16+/t27-,30?,31?/m0/s1. The van der Waals surface area contributed by atoms with Crippen LogP contribution in [0.25, 0.3) is 11.4 Å². The Morgan fingerprint density at radius 2 is 1.80 bits per heavy atom. The Balaban J connectivity index is 1.20. The van der Waals surface area contributed by atoms with Gasteiger partial charge in [0.2, 0.25) is 0 Å². The van der Waals surface area contributed by atoms with Crippen LogP contribution in [-0.4, -0.2) is 46.9 Å². The van der Waals surface area contributed by atoms with Gasteiger partial charge in [-0.2, -0.15) is 8.42 Å². The lowest BCUT2D eigenvalue weighted by Crippen LogP contribution is -2.45. The Labute approximate surface area is 303 Å². The molecule has 2 saturated carbocycles. The summed E-state index contributed by atoms with van der Waals surface area (Å²) in [5.41, 5.74) is 15.3. The number of rotatable bonds is 11. The average molecular weight is 745 g/mol. The molecule has 6 rings (SSSR count). The van der Waals surface area contributed by atoms with Crippen molar-refractivity contribution < 1.29 is 18.9 Å². The quantitative estimate of drug-likeness (QED) is 0.158. The molecule has 1 amide bonds. The highest BCUT2D eigenvalue weighted by Crippen LogP contribution is 2.39. The molecule has 3 aliphatic rings. The van der Waals surface area contributed by atoms with E-state index in [0.717, 1.165) is 62.2 Å². The maximum absolute atomic E-state index is 12.6. The predicted octanol–water partition coefficient (Wildman–Crippen LogP) is 6.21. The van der Waals surface area contributed by atoms with Gasteiger partial charge in [0.15, 0.2) is 5.03 Å². The summed E-state index contributed by atoms with van der Waals surface area (Å²) in [6, 6.07) is 15.2. The van der Waals surface area contributed by atoms with Gasteiger partial charge in [-0.05, 0) is 67.0 Å². The number of amides is 1. The highest BCUT2D eigenvalue weighted by atomic mass is 35.5. The molecule has 0 radical (unpaired) electrons. The molecule has 3 fully saturated rings. The van der Waals surface area contributed by atoms with Crippen LogP contribution >= 0.6 is 35.0 Å². The fourth-order valence-corrected chi connectivity index (χ4v) is 9.90. The van der Waals surface area contributed by atoms with Crippen LogP contribution in [0.4, 0.5) is 5.69 Å². The molecule has 1 aliphatic heterocycles. The van der Waals surface area contributed by atoms with Crippen molar-refractivity contribution in [3.05, 3.63) is 94.6 Å². The summed E-state index contributed by atoms with van der Waals surface area (Å²) in [6.45, 7) is -0.265. The molecule has 6 N–H and O–H groups in total. The van der Waals surface area contributed by atoms with Crippen LogP contribution in [0.15, 0.2) is 71.9 Å². The Morgan fingerprint density at radius 1 is 1.04 bits per heavy atom. The summed E-state index contributed by atoms with van der Waals surface area (Å²) < 4.78 is 30.3. The maximum atomic E-state index is 12.6. The number of alkyl halides is 2. The van der Waals surface area contributed by atoms with Crippen molar-refractivity contribution in [3.63, 3.8) is 0 Å². The van der Waals surface area contributed by atoms with Crippen LogP contribution < -0.4 is 20.5 Å². The number of carbonyl (C=O) groups is 1. The highest BCUT2D eigenvalue weighted by Gasteiger charge is 2.35. The second-order valence-corrected chi connectivity index (χ2v) is 17.3. The summed E-state index contributed by atoms with van der Waals surface area (Å²) in [7, 11) is -3.94. The Bertz CT molecular complexity index is 1800. The summed E-state index contributed by atoms with van der Waals surface area (Å²) >= 11 is 15.0. The molecule has 0 spiro atoms. The van der Waals surface area contributed by atoms with E-state index in [1.54, 1.807) is 30.0 Å². The SMILES string of the molecule is N/C(=C\C=C(/[NH3+])SCCC1CCCCC1)c1ccc(Cc2nc(C3CC[C@H](Cl)CC3Cl)cn2-c2cccc(N3CC(=O)NS3(=O)=O)c2)cc1. The zero-order valence-electron chi connectivity index (χ0n) is 27.6. The van der Waals surface area contributed by atoms with E-state index in [9.17, 15) is 13.2 Å². The lowest BCUT2D eigenvalue weighted by Gasteiger charge is -2.28. The number of hydrogen-bond donors (Lipinski definition) is 3. The number of imidazole rings is 1. The number of anilines is 1. The zero-order valence-corrected chi connectivity index (χ0v) is 30.7. The third kappa shape index (κ3) is 9.05. The van der Waals surface area contributed by atoms with Crippen LogP contribution in [0, 0.1) is 5.92 Å². The van der Waals surface area contributed by atoms with E-state index in [4.69, 9.17) is 33.9 Å². The number of hydrogen-bond acceptors (Lipinski definition) is 6. The molecular formula is C36H45Cl2N6O3S2+. The van der Waals surface area contributed by atoms with Gasteiger partial charge >= 0.3 is 10.2 Å². The van der Waals surface area contributed by atoms with Gasteiger partial charge in [-0.25, -0.2) is 14.0 Å². The molecule has 0 bridgehead atoms. The van der Waals surface area contributed by atoms with Gasteiger partial charge in [0.1, 0.15) is 12.4 Å². The van der Waals surface area contributed by atoms with Gasteiger partial charge < -0.3 is 16.0 Å². The van der Waals surface area contributed by atoms with Crippen molar-refractivity contribution in [2.24, 2.45) is 11.7 Å². The fourth-order valence-electron chi connectivity index (χ4n) is 7.00. The topological polar surface area (TPSA) is 138 Å². The molecule has 2 unspecified atom stereocenters. The van der Waals surface area contributed by atoms with Gasteiger partial charge in [-0.3, -0.25) is 4.79 Å². The van der Waals surface area contributed by atoms with E-state index in [0.29, 0.717) is 24.2 Å². The van der Waals surface area contributed by atoms with Crippen LogP contribution in [0.2, 0.25) is 0 Å². The number of aromatic nitrogens is 2. The predicted molar refractivity (Wildman–Crippen MR) is 200 cm³/mol. The van der Waals surface area contributed by atoms with Crippen LogP contribution in [0.5, 0.6) is 0 Å². The molecule has 9 nitrogen and oxygen atoms in total. The fraction of sp³-hybridized carbons (Fsp3) is 0.444. The largest absolute Gasteiger partial charge is 0.398 e. The molecule has 2 aliphatic carbocycles. The van der Waals surface area contributed by atoms with Crippen LogP contribution in [0.3, 0.4) is 0 Å². The number of nitrogens with zero attached hydrogens (tertiary/aromatic N) is 3. The number of halogens is 2. The number of thioether (sulfide) groups is 1. The first-order valence-corrected chi connectivity index (χ1v) is 20.4. The van der Waals surface area contributed by atoms with Gasteiger partial charge in [-0.15, -0.1) is 23.2 Å². The lowest BCUT2D eigenvalue weighted by molar-refractivity contribution is -0.284. The molecular weight excluding hydrogens is 699 g/mol. The first kappa shape index (κ1) is 35.9. The molecule has 262 valence electrons. The smallest absolute Gasteiger partial charge is 0.326 e. The first-order valence-electron chi connectivity index (χ1n) is 17.1. The van der Waals surface area contributed by atoms with E-state index >= 15 is 0 Å². The molecule has 2 aromatic carbocycles. The van der Waals surface area contributed by atoms with Crippen LogP contribution in [-0.2, 0) is 21.4 Å². The van der Waals surface area contributed by atoms with E-state index in [1.807, 2.05) is 45.8 Å². The summed E-state index contributed by atoms with van der Waals surface area (Å²) in [6.07, 6.45) is 17.0. The first-order chi connectivity index (χ1) is 23.6. The Morgan fingerprint density at radius 3 is 2.51 bits per heavy atom. The minimum atomic E-state index is -3.94. The van der Waals surface area contributed by atoms with Gasteiger partial charge in [0.05, 0.1) is 11.4 Å². The van der Waals surface area contributed by atoms with Gasteiger partial charge in [0, 0.05) is 52.5 Å². The highest BCUT2D eigenvalue weighted by molar-refractivity contribution is 8.02. The molecule has 13 heteroatoms. The maximum Gasteiger partial charge on any atom is 0.326 e. The van der Waals surface area contributed by atoms with Gasteiger partial charge in [-0.1, -0.05) is 74.2 Å². The summed E-state index contributed by atoms with van der Waals surface area (Å²) in [5.74, 6) is 2.23. The molecule has 1 aromatic heterocycles. The third-order valence-corrected chi connectivity index (χ3v) is 13.0. The van der Waals surface area contributed by atoms with Crippen LogP contribution in [0.1, 0.15) is 86.4 Å². The number of nitrogens with one attached hydrogen (secondary N) is 1.